The Morgan fingerprint density at radius 3 is 2.75 bits per heavy atom. The summed E-state index contributed by atoms with van der Waals surface area (Å²) in [6.07, 6.45) is 4.84. The number of aromatic nitrogens is 2. The van der Waals surface area contributed by atoms with Crippen LogP contribution in [-0.2, 0) is 16.1 Å². The van der Waals surface area contributed by atoms with Crippen LogP contribution in [0.15, 0.2) is 77.4 Å². The van der Waals surface area contributed by atoms with Crippen LogP contribution in [0, 0.1) is 6.92 Å². The molecule has 0 amide bonds. The maximum atomic E-state index is 12.1. The Morgan fingerprint density at radius 1 is 1.07 bits per heavy atom. The molecule has 138 valence electrons. The zero-order chi connectivity index (χ0) is 19.3. The number of esters is 1. The van der Waals surface area contributed by atoms with Crippen molar-refractivity contribution in [2.24, 2.45) is 0 Å². The van der Waals surface area contributed by atoms with E-state index in [0.29, 0.717) is 17.3 Å². The Morgan fingerprint density at radius 2 is 1.89 bits per heavy atom. The number of rotatable bonds is 5. The molecule has 0 radical (unpaired) electrons. The maximum absolute atomic E-state index is 12.1. The Hall–Kier alpha value is -3.73. The van der Waals surface area contributed by atoms with Crippen LogP contribution in [-0.4, -0.2) is 15.9 Å². The molecule has 2 heterocycles. The number of aryl methyl sites for hydroxylation is 1. The summed E-state index contributed by atoms with van der Waals surface area (Å²) in [7, 11) is 0. The Labute approximate surface area is 162 Å². The van der Waals surface area contributed by atoms with E-state index in [-0.39, 0.29) is 6.61 Å². The van der Waals surface area contributed by atoms with Crippen LogP contribution in [0.5, 0.6) is 0 Å². The molecule has 0 aliphatic carbocycles. The molecule has 0 saturated carbocycles. The number of pyridine rings is 1. The fourth-order valence-corrected chi connectivity index (χ4v) is 2.87. The molecule has 28 heavy (non-hydrogen) atoms. The summed E-state index contributed by atoms with van der Waals surface area (Å²) < 4.78 is 11.0. The molecule has 0 aliphatic rings. The summed E-state index contributed by atoms with van der Waals surface area (Å²) in [4.78, 5) is 20.9. The molecule has 0 aliphatic heterocycles. The standard InChI is InChI=1S/C23H18N2O3/c1-16-20(25-23(28-16)19-7-3-2-4-8-19)15-27-21(26)13-12-18-10-5-9-17-11-6-14-24-22(17)18/h2-14H,15H2,1H3/b13-12+. The largest absolute Gasteiger partial charge is 0.456 e. The molecule has 0 atom stereocenters. The van der Waals surface area contributed by atoms with E-state index in [4.69, 9.17) is 9.15 Å². The van der Waals surface area contributed by atoms with Gasteiger partial charge in [0.15, 0.2) is 0 Å². The van der Waals surface area contributed by atoms with E-state index < -0.39 is 5.97 Å². The molecule has 0 saturated heterocycles. The minimum atomic E-state index is -0.448. The van der Waals surface area contributed by atoms with Crippen molar-refractivity contribution >= 4 is 22.9 Å². The summed E-state index contributed by atoms with van der Waals surface area (Å²) in [5.74, 6) is 0.701. The third kappa shape index (κ3) is 3.83. The van der Waals surface area contributed by atoms with Crippen LogP contribution in [0.25, 0.3) is 28.4 Å². The van der Waals surface area contributed by atoms with Crippen molar-refractivity contribution < 1.29 is 13.9 Å². The molecule has 4 rings (SSSR count). The summed E-state index contributed by atoms with van der Waals surface area (Å²) in [6.45, 7) is 1.86. The number of fused-ring (bicyclic) bond motifs is 1. The van der Waals surface area contributed by atoms with Crippen LogP contribution in [0.3, 0.4) is 0 Å². The van der Waals surface area contributed by atoms with Gasteiger partial charge in [-0.3, -0.25) is 4.98 Å². The second kappa shape index (κ2) is 7.88. The van der Waals surface area contributed by atoms with E-state index in [2.05, 4.69) is 9.97 Å². The SMILES string of the molecule is Cc1oc(-c2ccccc2)nc1COC(=O)/C=C/c1cccc2cccnc12. The Bertz CT molecular complexity index is 1140. The first kappa shape index (κ1) is 17.7. The normalized spacial score (nSPS) is 11.2. The summed E-state index contributed by atoms with van der Waals surface area (Å²) in [6, 6.07) is 19.3. The first-order chi connectivity index (χ1) is 13.7. The van der Waals surface area contributed by atoms with Crippen LogP contribution >= 0.6 is 0 Å². The topological polar surface area (TPSA) is 65.2 Å². The lowest BCUT2D eigenvalue weighted by molar-refractivity contribution is -0.139. The highest BCUT2D eigenvalue weighted by Crippen LogP contribution is 2.22. The van der Waals surface area contributed by atoms with Gasteiger partial charge in [0.05, 0.1) is 5.52 Å². The predicted molar refractivity (Wildman–Crippen MR) is 107 cm³/mol. The number of benzene rings is 2. The first-order valence-electron chi connectivity index (χ1n) is 8.91. The van der Waals surface area contributed by atoms with Crippen molar-refractivity contribution in [2.45, 2.75) is 13.5 Å². The first-order valence-corrected chi connectivity index (χ1v) is 8.91. The second-order valence-corrected chi connectivity index (χ2v) is 6.25. The van der Waals surface area contributed by atoms with Gasteiger partial charge in [0.2, 0.25) is 5.89 Å². The zero-order valence-electron chi connectivity index (χ0n) is 15.3. The molecular formula is C23H18N2O3. The average Bonchev–Trinajstić information content (AvgIpc) is 3.12. The van der Waals surface area contributed by atoms with Crippen LogP contribution in [0.1, 0.15) is 17.0 Å². The Balaban J connectivity index is 1.43. The van der Waals surface area contributed by atoms with Gasteiger partial charge in [-0.25, -0.2) is 9.78 Å². The second-order valence-electron chi connectivity index (χ2n) is 6.25. The van der Waals surface area contributed by atoms with E-state index in [0.717, 1.165) is 22.0 Å². The number of para-hydroxylation sites is 1. The average molecular weight is 370 g/mol. The fourth-order valence-electron chi connectivity index (χ4n) is 2.87. The zero-order valence-corrected chi connectivity index (χ0v) is 15.3. The molecule has 5 heteroatoms. The summed E-state index contributed by atoms with van der Waals surface area (Å²) >= 11 is 0. The molecule has 2 aromatic heterocycles. The van der Waals surface area contributed by atoms with Gasteiger partial charge in [0, 0.05) is 28.8 Å². The van der Waals surface area contributed by atoms with Crippen LogP contribution < -0.4 is 0 Å². The number of ether oxygens (including phenoxy) is 1. The number of hydrogen-bond acceptors (Lipinski definition) is 5. The van der Waals surface area contributed by atoms with Gasteiger partial charge in [-0.05, 0) is 31.2 Å². The molecule has 0 spiro atoms. The minimum Gasteiger partial charge on any atom is -0.456 e. The lowest BCUT2D eigenvalue weighted by Crippen LogP contribution is -2.02. The lowest BCUT2D eigenvalue weighted by atomic mass is 10.1. The molecular weight excluding hydrogens is 352 g/mol. The highest BCUT2D eigenvalue weighted by molar-refractivity contribution is 5.92. The van der Waals surface area contributed by atoms with Crippen molar-refractivity contribution in [2.75, 3.05) is 0 Å². The van der Waals surface area contributed by atoms with Gasteiger partial charge in [0.25, 0.3) is 0 Å². The lowest BCUT2D eigenvalue weighted by Gasteiger charge is -2.01. The smallest absolute Gasteiger partial charge is 0.331 e. The number of hydrogen-bond donors (Lipinski definition) is 0. The van der Waals surface area contributed by atoms with Crippen molar-refractivity contribution in [3.05, 3.63) is 90.0 Å². The van der Waals surface area contributed by atoms with E-state index in [1.807, 2.05) is 60.7 Å². The molecule has 5 nitrogen and oxygen atoms in total. The number of carbonyl (C=O) groups excluding carboxylic acids is 1. The van der Waals surface area contributed by atoms with Crippen molar-refractivity contribution in [1.29, 1.82) is 0 Å². The summed E-state index contributed by atoms with van der Waals surface area (Å²) in [5, 5.41) is 1.02. The van der Waals surface area contributed by atoms with Gasteiger partial charge in [-0.2, -0.15) is 0 Å². The van der Waals surface area contributed by atoms with E-state index >= 15 is 0 Å². The molecule has 0 N–H and O–H groups in total. The highest BCUT2D eigenvalue weighted by Gasteiger charge is 2.12. The Kier molecular flexibility index (Phi) is 4.97. The van der Waals surface area contributed by atoms with Gasteiger partial charge >= 0.3 is 5.97 Å². The molecule has 2 aromatic carbocycles. The van der Waals surface area contributed by atoms with E-state index in [1.165, 1.54) is 6.08 Å². The molecule has 4 aromatic rings. The van der Waals surface area contributed by atoms with Crippen LogP contribution in [0.2, 0.25) is 0 Å². The van der Waals surface area contributed by atoms with Crippen molar-refractivity contribution in [1.82, 2.24) is 9.97 Å². The maximum Gasteiger partial charge on any atom is 0.331 e. The quantitative estimate of drug-likeness (QED) is 0.367. The van der Waals surface area contributed by atoms with Crippen molar-refractivity contribution in [3.63, 3.8) is 0 Å². The van der Waals surface area contributed by atoms with Gasteiger partial charge in [0.1, 0.15) is 18.1 Å². The van der Waals surface area contributed by atoms with Gasteiger partial charge in [-0.1, -0.05) is 42.5 Å². The highest BCUT2D eigenvalue weighted by atomic mass is 16.5. The number of carbonyl (C=O) groups is 1. The van der Waals surface area contributed by atoms with Crippen LogP contribution in [0.4, 0.5) is 0 Å². The van der Waals surface area contributed by atoms with Gasteiger partial charge < -0.3 is 9.15 Å². The minimum absolute atomic E-state index is 0.0547. The summed E-state index contributed by atoms with van der Waals surface area (Å²) in [5.41, 5.74) is 3.19. The third-order valence-electron chi connectivity index (χ3n) is 4.33. The monoisotopic (exact) mass is 370 g/mol. The number of nitrogens with zero attached hydrogens (tertiary/aromatic N) is 2. The predicted octanol–water partition coefficient (Wildman–Crippen LogP) is 4.95. The van der Waals surface area contributed by atoms with E-state index in [9.17, 15) is 4.79 Å². The number of oxazole rings is 1. The fraction of sp³-hybridized carbons (Fsp3) is 0.0870. The van der Waals surface area contributed by atoms with Gasteiger partial charge in [-0.15, -0.1) is 0 Å². The molecule has 0 unspecified atom stereocenters. The van der Waals surface area contributed by atoms with E-state index in [1.54, 1.807) is 19.2 Å². The third-order valence-corrected chi connectivity index (χ3v) is 4.33. The van der Waals surface area contributed by atoms with Crippen molar-refractivity contribution in [3.8, 4) is 11.5 Å². The molecule has 0 fully saturated rings. The molecule has 0 bridgehead atoms.